The van der Waals surface area contributed by atoms with Gasteiger partial charge in [0.2, 0.25) is 21.8 Å². The van der Waals surface area contributed by atoms with E-state index in [9.17, 15) is 18.0 Å². The summed E-state index contributed by atoms with van der Waals surface area (Å²) >= 11 is 0. The maximum atomic E-state index is 13.3. The molecule has 0 saturated carbocycles. The number of carbonyl (C=O) groups excluding carboxylic acids is 2. The van der Waals surface area contributed by atoms with E-state index < -0.39 is 16.1 Å². The van der Waals surface area contributed by atoms with Crippen molar-refractivity contribution in [2.75, 3.05) is 23.7 Å². The molecule has 2 amide bonds. The minimum atomic E-state index is -3.50. The fourth-order valence-electron chi connectivity index (χ4n) is 3.66. The van der Waals surface area contributed by atoms with Gasteiger partial charge in [-0.1, -0.05) is 48.9 Å². The zero-order chi connectivity index (χ0) is 25.3. The molecule has 2 rings (SSSR count). The van der Waals surface area contributed by atoms with E-state index in [1.807, 2.05) is 57.2 Å². The molecule has 7 nitrogen and oxygen atoms in total. The summed E-state index contributed by atoms with van der Waals surface area (Å²) in [7, 11) is -3.50. The molecule has 0 bridgehead atoms. The van der Waals surface area contributed by atoms with Gasteiger partial charge in [-0.15, -0.1) is 0 Å². The number of nitrogens with zero attached hydrogens (tertiary/aromatic N) is 2. The molecule has 8 heteroatoms. The van der Waals surface area contributed by atoms with E-state index in [4.69, 9.17) is 0 Å². The van der Waals surface area contributed by atoms with Crippen LogP contribution in [0, 0.1) is 13.8 Å². The number of benzene rings is 2. The van der Waals surface area contributed by atoms with Gasteiger partial charge < -0.3 is 10.2 Å². The van der Waals surface area contributed by atoms with Crippen LogP contribution in [0.4, 0.5) is 5.69 Å². The first-order valence-corrected chi connectivity index (χ1v) is 13.6. The maximum absolute atomic E-state index is 13.3. The number of hydrogen-bond acceptors (Lipinski definition) is 4. The number of sulfonamides is 1. The monoisotopic (exact) mass is 487 g/mol. The van der Waals surface area contributed by atoms with E-state index in [-0.39, 0.29) is 24.8 Å². The van der Waals surface area contributed by atoms with Crippen molar-refractivity contribution in [3.8, 4) is 0 Å². The van der Waals surface area contributed by atoms with Crippen molar-refractivity contribution in [2.45, 2.75) is 59.5 Å². The van der Waals surface area contributed by atoms with Crippen LogP contribution in [0.1, 0.15) is 49.8 Å². The Bertz CT molecular complexity index is 1070. The van der Waals surface area contributed by atoms with Crippen LogP contribution in [-0.4, -0.2) is 50.5 Å². The highest BCUT2D eigenvalue weighted by Gasteiger charge is 2.26. The predicted octanol–water partition coefficient (Wildman–Crippen LogP) is 3.79. The molecule has 0 aliphatic carbocycles. The number of hydrogen-bond donors (Lipinski definition) is 1. The number of amides is 2. The lowest BCUT2D eigenvalue weighted by molar-refractivity contribution is -0.140. The Balaban J connectivity index is 2.15. The molecule has 0 spiro atoms. The number of nitrogens with one attached hydrogen (secondary N) is 1. The van der Waals surface area contributed by atoms with Gasteiger partial charge in [0.1, 0.15) is 6.04 Å². The lowest BCUT2D eigenvalue weighted by Crippen LogP contribution is -2.48. The second-order valence-electron chi connectivity index (χ2n) is 8.69. The second-order valence-corrected chi connectivity index (χ2v) is 10.6. The standard InChI is InChI=1S/C26H37N3O4S/c1-6-17-27-26(31)22(4)28(19-23-11-8-7-10-21(23)3)25(30)12-9-18-29(34(5,32)33)24-15-13-20(2)14-16-24/h7-8,10-11,13-16,22H,6,9,12,17-19H2,1-5H3,(H,27,31). The molecule has 2 aromatic rings. The summed E-state index contributed by atoms with van der Waals surface area (Å²) in [6, 6.07) is 14.4. The van der Waals surface area contributed by atoms with Crippen LogP contribution in [0.2, 0.25) is 0 Å². The molecule has 0 fully saturated rings. The third kappa shape index (κ3) is 7.87. The van der Waals surface area contributed by atoms with Gasteiger partial charge in [-0.05, 0) is 56.9 Å². The van der Waals surface area contributed by atoms with Crippen molar-refractivity contribution in [2.24, 2.45) is 0 Å². The van der Waals surface area contributed by atoms with Crippen LogP contribution in [0.5, 0.6) is 0 Å². The molecule has 186 valence electrons. The molecule has 0 aromatic heterocycles. The summed E-state index contributed by atoms with van der Waals surface area (Å²) in [6.45, 7) is 8.68. The molecule has 0 heterocycles. The van der Waals surface area contributed by atoms with Gasteiger partial charge in [0.15, 0.2) is 0 Å². The van der Waals surface area contributed by atoms with Crippen LogP contribution in [0.25, 0.3) is 0 Å². The molecule has 0 radical (unpaired) electrons. The third-order valence-electron chi connectivity index (χ3n) is 5.79. The van der Waals surface area contributed by atoms with Crippen molar-refractivity contribution in [3.63, 3.8) is 0 Å². The largest absolute Gasteiger partial charge is 0.354 e. The Hall–Kier alpha value is -2.87. The Kier molecular flexibility index (Phi) is 10.1. The van der Waals surface area contributed by atoms with Gasteiger partial charge in [0, 0.05) is 26.1 Å². The number of anilines is 1. The molecule has 0 aliphatic rings. The van der Waals surface area contributed by atoms with Gasteiger partial charge >= 0.3 is 0 Å². The molecule has 1 N–H and O–H groups in total. The number of carbonyl (C=O) groups is 2. The highest BCUT2D eigenvalue weighted by atomic mass is 32.2. The first-order chi connectivity index (χ1) is 16.0. The highest BCUT2D eigenvalue weighted by Crippen LogP contribution is 2.20. The molecular formula is C26H37N3O4S. The van der Waals surface area contributed by atoms with Crippen molar-refractivity contribution >= 4 is 27.5 Å². The summed E-state index contributed by atoms with van der Waals surface area (Å²) < 4.78 is 26.1. The zero-order valence-electron chi connectivity index (χ0n) is 20.9. The third-order valence-corrected chi connectivity index (χ3v) is 6.99. The zero-order valence-corrected chi connectivity index (χ0v) is 21.7. The molecular weight excluding hydrogens is 450 g/mol. The van der Waals surface area contributed by atoms with E-state index >= 15 is 0 Å². The van der Waals surface area contributed by atoms with Gasteiger partial charge in [-0.3, -0.25) is 13.9 Å². The average molecular weight is 488 g/mol. The van der Waals surface area contributed by atoms with Crippen LogP contribution >= 0.6 is 0 Å². The van der Waals surface area contributed by atoms with E-state index in [0.717, 1.165) is 23.1 Å². The molecule has 2 aromatic carbocycles. The maximum Gasteiger partial charge on any atom is 0.242 e. The fourth-order valence-corrected chi connectivity index (χ4v) is 4.63. The van der Waals surface area contributed by atoms with Gasteiger partial charge in [-0.2, -0.15) is 0 Å². The van der Waals surface area contributed by atoms with Crippen molar-refractivity contribution in [1.82, 2.24) is 10.2 Å². The van der Waals surface area contributed by atoms with E-state index in [0.29, 0.717) is 25.2 Å². The Morgan fingerprint density at radius 1 is 1.03 bits per heavy atom. The number of rotatable bonds is 12. The van der Waals surface area contributed by atoms with E-state index in [1.54, 1.807) is 24.0 Å². The van der Waals surface area contributed by atoms with Crippen LogP contribution in [0.3, 0.4) is 0 Å². The fraction of sp³-hybridized carbons (Fsp3) is 0.462. The molecule has 34 heavy (non-hydrogen) atoms. The Morgan fingerprint density at radius 3 is 2.26 bits per heavy atom. The second kappa shape index (κ2) is 12.6. The summed E-state index contributed by atoms with van der Waals surface area (Å²) in [6.07, 6.45) is 2.45. The number of aryl methyl sites for hydroxylation is 2. The van der Waals surface area contributed by atoms with Crippen molar-refractivity contribution in [1.29, 1.82) is 0 Å². The van der Waals surface area contributed by atoms with Crippen molar-refractivity contribution in [3.05, 3.63) is 65.2 Å². The van der Waals surface area contributed by atoms with E-state index in [1.165, 1.54) is 10.6 Å². The summed E-state index contributed by atoms with van der Waals surface area (Å²) in [5, 5.41) is 2.87. The topological polar surface area (TPSA) is 86.8 Å². The molecule has 1 atom stereocenters. The normalized spacial score (nSPS) is 12.1. The highest BCUT2D eigenvalue weighted by molar-refractivity contribution is 7.92. The van der Waals surface area contributed by atoms with Gasteiger partial charge in [0.25, 0.3) is 0 Å². The van der Waals surface area contributed by atoms with Crippen LogP contribution in [-0.2, 0) is 26.2 Å². The minimum Gasteiger partial charge on any atom is -0.354 e. The van der Waals surface area contributed by atoms with Gasteiger partial charge in [0.05, 0.1) is 11.9 Å². The molecule has 1 unspecified atom stereocenters. The lowest BCUT2D eigenvalue weighted by atomic mass is 10.1. The quantitative estimate of drug-likeness (QED) is 0.493. The summed E-state index contributed by atoms with van der Waals surface area (Å²) in [5.74, 6) is -0.374. The Morgan fingerprint density at radius 2 is 1.68 bits per heavy atom. The summed E-state index contributed by atoms with van der Waals surface area (Å²) in [5.41, 5.74) is 3.63. The first kappa shape index (κ1) is 27.4. The average Bonchev–Trinajstić information content (AvgIpc) is 2.79. The van der Waals surface area contributed by atoms with Crippen LogP contribution < -0.4 is 9.62 Å². The smallest absolute Gasteiger partial charge is 0.242 e. The van der Waals surface area contributed by atoms with E-state index in [2.05, 4.69) is 5.32 Å². The van der Waals surface area contributed by atoms with Crippen molar-refractivity contribution < 1.29 is 18.0 Å². The van der Waals surface area contributed by atoms with Gasteiger partial charge in [-0.25, -0.2) is 8.42 Å². The SMILES string of the molecule is CCCNC(=O)C(C)N(Cc1ccccc1C)C(=O)CCCN(c1ccc(C)cc1)S(C)(=O)=O. The molecule has 0 saturated heterocycles. The summed E-state index contributed by atoms with van der Waals surface area (Å²) in [4.78, 5) is 27.5. The molecule has 0 aliphatic heterocycles. The first-order valence-electron chi connectivity index (χ1n) is 11.7. The van der Waals surface area contributed by atoms with Crippen LogP contribution in [0.15, 0.2) is 48.5 Å². The Labute approximate surface area is 204 Å². The minimum absolute atomic E-state index is 0.134. The lowest BCUT2D eigenvalue weighted by Gasteiger charge is -2.30. The predicted molar refractivity (Wildman–Crippen MR) is 137 cm³/mol.